The van der Waals surface area contributed by atoms with Crippen LogP contribution in [0.25, 0.3) is 0 Å². The molecule has 0 fully saturated rings. The van der Waals surface area contributed by atoms with Crippen LogP contribution < -0.4 is 5.32 Å². The molecule has 0 aliphatic rings. The number of hydrogen-bond donors (Lipinski definition) is 1. The zero-order valence-electron chi connectivity index (χ0n) is 10.9. The number of halogens is 1. The van der Waals surface area contributed by atoms with Crippen molar-refractivity contribution >= 4 is 23.4 Å². The van der Waals surface area contributed by atoms with E-state index < -0.39 is 0 Å². The molecule has 1 N–H and O–H groups in total. The Morgan fingerprint density at radius 1 is 1.35 bits per heavy atom. The van der Waals surface area contributed by atoms with Crippen molar-refractivity contribution in [3.05, 3.63) is 28.8 Å². The first-order chi connectivity index (χ1) is 8.13. The fraction of sp³-hybridized carbons (Fsp3) is 0.571. The van der Waals surface area contributed by atoms with Gasteiger partial charge in [0.15, 0.2) is 0 Å². The summed E-state index contributed by atoms with van der Waals surface area (Å²) in [5, 5.41) is 4.31. The smallest absolute Gasteiger partial charge is 0.0417 e. The lowest BCUT2D eigenvalue weighted by molar-refractivity contribution is 0.550. The van der Waals surface area contributed by atoms with E-state index in [1.54, 1.807) is 0 Å². The molecule has 1 rings (SSSR count). The van der Waals surface area contributed by atoms with Crippen molar-refractivity contribution in [2.45, 2.75) is 38.6 Å². The molecular formula is C14H22ClNS. The van der Waals surface area contributed by atoms with E-state index >= 15 is 0 Å². The van der Waals surface area contributed by atoms with E-state index in [1.807, 2.05) is 17.8 Å². The third-order valence-corrected chi connectivity index (χ3v) is 3.90. The van der Waals surface area contributed by atoms with Crippen LogP contribution in [-0.4, -0.2) is 12.3 Å². The van der Waals surface area contributed by atoms with Crippen LogP contribution in [-0.2, 0) is 6.54 Å². The van der Waals surface area contributed by atoms with Crippen molar-refractivity contribution in [1.82, 2.24) is 5.32 Å². The van der Waals surface area contributed by atoms with Crippen LogP contribution in [0, 0.1) is 5.92 Å². The van der Waals surface area contributed by atoms with Crippen molar-refractivity contribution in [1.29, 1.82) is 0 Å². The minimum absolute atomic E-state index is 0.689. The molecule has 0 heterocycles. The predicted octanol–water partition coefficient (Wildman–Crippen LogP) is 4.59. The maximum atomic E-state index is 6.05. The van der Waals surface area contributed by atoms with E-state index in [2.05, 4.69) is 38.2 Å². The zero-order chi connectivity index (χ0) is 12.7. The van der Waals surface area contributed by atoms with Crippen molar-refractivity contribution < 1.29 is 0 Å². The van der Waals surface area contributed by atoms with Crippen LogP contribution in [0.15, 0.2) is 23.1 Å². The van der Waals surface area contributed by atoms with Gasteiger partial charge in [-0.1, -0.05) is 38.4 Å². The summed E-state index contributed by atoms with van der Waals surface area (Å²) in [5.74, 6) is 1.84. The highest BCUT2D eigenvalue weighted by Gasteiger charge is 2.04. The molecule has 0 saturated heterocycles. The first kappa shape index (κ1) is 14.9. The molecule has 0 atom stereocenters. The van der Waals surface area contributed by atoms with Gasteiger partial charge in [0.1, 0.15) is 0 Å². The largest absolute Gasteiger partial charge is 0.312 e. The monoisotopic (exact) mass is 271 g/mol. The van der Waals surface area contributed by atoms with Gasteiger partial charge in [-0.3, -0.25) is 0 Å². The molecule has 96 valence electrons. The second-order valence-corrected chi connectivity index (χ2v) is 6.20. The Morgan fingerprint density at radius 3 is 2.76 bits per heavy atom. The van der Waals surface area contributed by atoms with E-state index in [1.165, 1.54) is 16.9 Å². The molecule has 0 aromatic heterocycles. The lowest BCUT2D eigenvalue weighted by atomic mass is 10.2. The molecule has 17 heavy (non-hydrogen) atoms. The van der Waals surface area contributed by atoms with Crippen LogP contribution in [0.4, 0.5) is 0 Å². The van der Waals surface area contributed by atoms with Crippen LogP contribution in [0.3, 0.4) is 0 Å². The summed E-state index contributed by atoms with van der Waals surface area (Å²) in [6, 6.07) is 6.19. The van der Waals surface area contributed by atoms with Gasteiger partial charge in [-0.25, -0.2) is 0 Å². The first-order valence-electron chi connectivity index (χ1n) is 6.25. The van der Waals surface area contributed by atoms with Crippen LogP contribution in [0.1, 0.15) is 32.8 Å². The van der Waals surface area contributed by atoms with E-state index in [0.717, 1.165) is 23.9 Å². The maximum absolute atomic E-state index is 6.05. The summed E-state index contributed by atoms with van der Waals surface area (Å²) in [7, 11) is 0. The number of thioether (sulfide) groups is 1. The SMILES string of the molecule is CCCSc1cc(Cl)ccc1CNCC(C)C. The van der Waals surface area contributed by atoms with Crippen molar-refractivity contribution in [3.8, 4) is 0 Å². The lowest BCUT2D eigenvalue weighted by Gasteiger charge is -2.12. The molecule has 0 saturated carbocycles. The second kappa shape index (κ2) is 8.02. The van der Waals surface area contributed by atoms with Crippen molar-refractivity contribution in [3.63, 3.8) is 0 Å². The maximum Gasteiger partial charge on any atom is 0.0417 e. The Bertz CT molecular complexity index is 339. The van der Waals surface area contributed by atoms with E-state index in [9.17, 15) is 0 Å². The second-order valence-electron chi connectivity index (χ2n) is 4.63. The number of nitrogens with one attached hydrogen (secondary N) is 1. The van der Waals surface area contributed by atoms with Gasteiger partial charge in [0.05, 0.1) is 0 Å². The molecule has 0 aliphatic heterocycles. The molecule has 0 radical (unpaired) electrons. The van der Waals surface area contributed by atoms with E-state index in [-0.39, 0.29) is 0 Å². The van der Waals surface area contributed by atoms with Crippen LogP contribution in [0.2, 0.25) is 5.02 Å². The average Bonchev–Trinajstić information content (AvgIpc) is 2.28. The molecule has 1 aromatic rings. The van der Waals surface area contributed by atoms with Crippen molar-refractivity contribution in [2.24, 2.45) is 5.92 Å². The molecule has 0 bridgehead atoms. The van der Waals surface area contributed by atoms with E-state index in [0.29, 0.717) is 5.92 Å². The molecule has 1 aromatic carbocycles. The molecule has 0 aliphatic carbocycles. The highest BCUT2D eigenvalue weighted by atomic mass is 35.5. The fourth-order valence-corrected chi connectivity index (χ4v) is 2.71. The highest BCUT2D eigenvalue weighted by molar-refractivity contribution is 7.99. The van der Waals surface area contributed by atoms with Crippen LogP contribution >= 0.6 is 23.4 Å². The van der Waals surface area contributed by atoms with Gasteiger partial charge in [0.25, 0.3) is 0 Å². The van der Waals surface area contributed by atoms with Gasteiger partial charge in [-0.15, -0.1) is 11.8 Å². The molecule has 0 unspecified atom stereocenters. The standard InChI is InChI=1S/C14H22ClNS/c1-4-7-17-14-8-13(15)6-5-12(14)10-16-9-11(2)3/h5-6,8,11,16H,4,7,9-10H2,1-3H3. The first-order valence-corrected chi connectivity index (χ1v) is 7.61. The Balaban J connectivity index is 2.62. The van der Waals surface area contributed by atoms with E-state index in [4.69, 9.17) is 11.6 Å². The summed E-state index contributed by atoms with van der Waals surface area (Å²) in [6.07, 6.45) is 1.19. The molecular weight excluding hydrogens is 250 g/mol. The minimum atomic E-state index is 0.689. The Labute approximate surface area is 114 Å². The quantitative estimate of drug-likeness (QED) is 0.728. The summed E-state index contributed by atoms with van der Waals surface area (Å²) in [6.45, 7) is 8.64. The number of benzene rings is 1. The summed E-state index contributed by atoms with van der Waals surface area (Å²) >= 11 is 7.94. The van der Waals surface area contributed by atoms with Gasteiger partial charge >= 0.3 is 0 Å². The predicted molar refractivity (Wildman–Crippen MR) is 79.0 cm³/mol. The third-order valence-electron chi connectivity index (χ3n) is 2.36. The minimum Gasteiger partial charge on any atom is -0.312 e. The Hall–Kier alpha value is -0.180. The van der Waals surface area contributed by atoms with Gasteiger partial charge in [0.2, 0.25) is 0 Å². The lowest BCUT2D eigenvalue weighted by Crippen LogP contribution is -2.19. The zero-order valence-corrected chi connectivity index (χ0v) is 12.5. The van der Waals surface area contributed by atoms with Crippen molar-refractivity contribution in [2.75, 3.05) is 12.3 Å². The molecule has 1 nitrogen and oxygen atoms in total. The number of hydrogen-bond acceptors (Lipinski definition) is 2. The van der Waals surface area contributed by atoms with Gasteiger partial charge in [-0.2, -0.15) is 0 Å². The highest BCUT2D eigenvalue weighted by Crippen LogP contribution is 2.26. The summed E-state index contributed by atoms with van der Waals surface area (Å²) in [4.78, 5) is 1.32. The van der Waals surface area contributed by atoms with Crippen LogP contribution in [0.5, 0.6) is 0 Å². The Kier molecular flexibility index (Phi) is 7.02. The van der Waals surface area contributed by atoms with Gasteiger partial charge in [0, 0.05) is 16.5 Å². The van der Waals surface area contributed by atoms with Gasteiger partial charge in [-0.05, 0) is 42.3 Å². The summed E-state index contributed by atoms with van der Waals surface area (Å²) < 4.78 is 0. The Morgan fingerprint density at radius 2 is 2.12 bits per heavy atom. The topological polar surface area (TPSA) is 12.0 Å². The normalized spacial score (nSPS) is 11.1. The molecule has 3 heteroatoms. The molecule has 0 spiro atoms. The fourth-order valence-electron chi connectivity index (χ4n) is 1.52. The molecule has 0 amide bonds. The average molecular weight is 272 g/mol. The number of rotatable bonds is 7. The third kappa shape index (κ3) is 5.80. The van der Waals surface area contributed by atoms with Gasteiger partial charge < -0.3 is 5.32 Å². The summed E-state index contributed by atoms with van der Waals surface area (Å²) in [5.41, 5.74) is 1.36.